The summed E-state index contributed by atoms with van der Waals surface area (Å²) in [6, 6.07) is 22.9. The molecule has 186 valence electrons. The minimum Gasteiger partial charge on any atom is -0.488 e. The molecule has 36 heavy (non-hydrogen) atoms. The van der Waals surface area contributed by atoms with Crippen molar-refractivity contribution in [1.82, 2.24) is 9.99 Å². The van der Waals surface area contributed by atoms with Gasteiger partial charge in [-0.3, -0.25) is 4.79 Å². The molecule has 4 aromatic rings. The Hall–Kier alpha value is -4.26. The highest BCUT2D eigenvalue weighted by molar-refractivity contribution is 5.92. The van der Waals surface area contributed by atoms with E-state index in [9.17, 15) is 4.79 Å². The summed E-state index contributed by atoms with van der Waals surface area (Å²) in [5.41, 5.74) is 6.42. The lowest BCUT2D eigenvalue weighted by molar-refractivity contribution is 0.0923. The van der Waals surface area contributed by atoms with Crippen LogP contribution in [0.4, 0.5) is 0 Å². The number of furan rings is 1. The van der Waals surface area contributed by atoms with E-state index in [1.807, 2.05) is 69.3 Å². The Labute approximate surface area is 211 Å². The molecule has 2 aromatic carbocycles. The first kappa shape index (κ1) is 24.9. The second-order valence-electron chi connectivity index (χ2n) is 9.49. The summed E-state index contributed by atoms with van der Waals surface area (Å²) in [5.74, 6) is 1.70. The number of ether oxygens (including phenoxy) is 2. The third-order valence-electron chi connectivity index (χ3n) is 5.29. The number of carbonyl (C=O) groups excluding carboxylic acids is 1. The minimum atomic E-state index is -0.443. The van der Waals surface area contributed by atoms with Crippen LogP contribution < -0.4 is 14.9 Å². The van der Waals surface area contributed by atoms with Crippen molar-refractivity contribution in [3.8, 4) is 17.2 Å². The average molecular weight is 486 g/mol. The second-order valence-corrected chi connectivity index (χ2v) is 9.49. The van der Waals surface area contributed by atoms with Crippen LogP contribution in [0.5, 0.6) is 11.5 Å². The number of aryl methyl sites for hydroxylation is 2. The molecule has 0 atom stereocenters. The van der Waals surface area contributed by atoms with Crippen molar-refractivity contribution in [2.24, 2.45) is 5.10 Å². The molecule has 1 amide bonds. The predicted molar refractivity (Wildman–Crippen MR) is 140 cm³/mol. The first-order valence-electron chi connectivity index (χ1n) is 11.8. The Bertz CT molecular complexity index is 1340. The Kier molecular flexibility index (Phi) is 7.29. The molecule has 0 saturated heterocycles. The highest BCUT2D eigenvalue weighted by Crippen LogP contribution is 2.21. The number of nitrogens with zero attached hydrogens (tertiary/aromatic N) is 2. The van der Waals surface area contributed by atoms with Gasteiger partial charge in [0.05, 0.1) is 6.21 Å². The van der Waals surface area contributed by atoms with Crippen molar-refractivity contribution >= 4 is 12.1 Å². The van der Waals surface area contributed by atoms with Gasteiger partial charge < -0.3 is 18.5 Å². The molecule has 0 unspecified atom stereocenters. The van der Waals surface area contributed by atoms with Gasteiger partial charge in [-0.05, 0) is 101 Å². The summed E-state index contributed by atoms with van der Waals surface area (Å²) in [5, 5.41) is 4.03. The summed E-state index contributed by atoms with van der Waals surface area (Å²) in [6.45, 7) is 10.3. The van der Waals surface area contributed by atoms with Gasteiger partial charge in [0.1, 0.15) is 29.5 Å². The number of rotatable bonds is 8. The van der Waals surface area contributed by atoms with Gasteiger partial charge >= 0.3 is 5.91 Å². The Morgan fingerprint density at radius 2 is 1.69 bits per heavy atom. The quantitative estimate of drug-likeness (QED) is 0.238. The molecule has 4 rings (SSSR count). The second kappa shape index (κ2) is 10.6. The monoisotopic (exact) mass is 485 g/mol. The van der Waals surface area contributed by atoms with Gasteiger partial charge in [0.15, 0.2) is 5.76 Å². The molecular weight excluding hydrogens is 454 g/mol. The number of benzene rings is 2. The van der Waals surface area contributed by atoms with Crippen molar-refractivity contribution in [1.29, 1.82) is 0 Å². The Morgan fingerprint density at radius 3 is 2.39 bits per heavy atom. The zero-order valence-corrected chi connectivity index (χ0v) is 21.2. The summed E-state index contributed by atoms with van der Waals surface area (Å²) in [6.07, 6.45) is 1.56. The number of aromatic nitrogens is 1. The number of hydrazone groups is 1. The summed E-state index contributed by atoms with van der Waals surface area (Å²) >= 11 is 0. The SMILES string of the molecule is Cc1ccc(C)n1-c1ccc(OCc2ccc(C(=O)N/N=C/c3cccc(OC(C)(C)C)c3)o2)cc1. The molecule has 0 spiro atoms. The van der Waals surface area contributed by atoms with E-state index in [1.54, 1.807) is 18.3 Å². The van der Waals surface area contributed by atoms with Crippen molar-refractivity contribution in [3.63, 3.8) is 0 Å². The van der Waals surface area contributed by atoms with E-state index in [2.05, 4.69) is 41.1 Å². The molecule has 0 bridgehead atoms. The number of hydrogen-bond donors (Lipinski definition) is 1. The van der Waals surface area contributed by atoms with Gasteiger partial charge in [-0.15, -0.1) is 0 Å². The van der Waals surface area contributed by atoms with Crippen LogP contribution in [0, 0.1) is 13.8 Å². The highest BCUT2D eigenvalue weighted by atomic mass is 16.5. The number of nitrogens with one attached hydrogen (secondary N) is 1. The van der Waals surface area contributed by atoms with Gasteiger partial charge in [-0.1, -0.05) is 12.1 Å². The molecule has 2 heterocycles. The highest BCUT2D eigenvalue weighted by Gasteiger charge is 2.13. The van der Waals surface area contributed by atoms with Gasteiger partial charge in [-0.25, -0.2) is 5.43 Å². The molecule has 2 aromatic heterocycles. The predicted octanol–water partition coefficient (Wildman–Crippen LogP) is 6.21. The fraction of sp³-hybridized carbons (Fsp3) is 0.241. The Balaban J connectivity index is 1.30. The lowest BCUT2D eigenvalue weighted by Crippen LogP contribution is -2.22. The molecule has 7 heteroatoms. The molecule has 0 aliphatic carbocycles. The zero-order chi connectivity index (χ0) is 25.7. The number of amides is 1. The topological polar surface area (TPSA) is 78.0 Å². The number of hydrogen-bond acceptors (Lipinski definition) is 5. The maximum atomic E-state index is 12.4. The molecule has 1 N–H and O–H groups in total. The van der Waals surface area contributed by atoms with Gasteiger partial charge in [0.25, 0.3) is 0 Å². The van der Waals surface area contributed by atoms with E-state index in [1.165, 1.54) is 11.4 Å². The van der Waals surface area contributed by atoms with Crippen LogP contribution in [-0.4, -0.2) is 22.3 Å². The van der Waals surface area contributed by atoms with E-state index in [-0.39, 0.29) is 18.0 Å². The standard InChI is InChI=1S/C29H31N3O4/c1-20-9-10-21(2)32(20)23-11-13-24(14-12-23)34-19-26-15-16-27(35-26)28(33)31-30-18-22-7-6-8-25(17-22)36-29(3,4)5/h6-18H,19H2,1-5H3,(H,31,33)/b30-18+. The Morgan fingerprint density at radius 1 is 0.972 bits per heavy atom. The summed E-state index contributed by atoms with van der Waals surface area (Å²) in [7, 11) is 0. The van der Waals surface area contributed by atoms with Crippen LogP contribution in [0.25, 0.3) is 5.69 Å². The van der Waals surface area contributed by atoms with Crippen LogP contribution in [0.3, 0.4) is 0 Å². The largest absolute Gasteiger partial charge is 0.488 e. The normalized spacial score (nSPS) is 11.6. The van der Waals surface area contributed by atoms with Crippen molar-refractivity contribution in [2.75, 3.05) is 0 Å². The lowest BCUT2D eigenvalue weighted by atomic mass is 10.2. The van der Waals surface area contributed by atoms with Crippen molar-refractivity contribution in [3.05, 3.63) is 101 Å². The van der Waals surface area contributed by atoms with Crippen LogP contribution in [0.15, 0.2) is 82.3 Å². The first-order valence-corrected chi connectivity index (χ1v) is 11.8. The van der Waals surface area contributed by atoms with Gasteiger partial charge in [-0.2, -0.15) is 5.10 Å². The third-order valence-corrected chi connectivity index (χ3v) is 5.29. The molecule has 0 aliphatic heterocycles. The van der Waals surface area contributed by atoms with E-state index < -0.39 is 5.91 Å². The van der Waals surface area contributed by atoms with Crippen LogP contribution in [0.2, 0.25) is 0 Å². The molecule has 0 fully saturated rings. The summed E-state index contributed by atoms with van der Waals surface area (Å²) < 4.78 is 19.5. The van der Waals surface area contributed by atoms with Crippen molar-refractivity contribution in [2.45, 2.75) is 46.8 Å². The number of carbonyl (C=O) groups is 1. The fourth-order valence-electron chi connectivity index (χ4n) is 3.73. The fourth-order valence-corrected chi connectivity index (χ4v) is 3.73. The zero-order valence-electron chi connectivity index (χ0n) is 21.2. The van der Waals surface area contributed by atoms with Crippen LogP contribution in [-0.2, 0) is 6.61 Å². The maximum absolute atomic E-state index is 12.4. The van der Waals surface area contributed by atoms with Crippen LogP contribution >= 0.6 is 0 Å². The minimum absolute atomic E-state index is 0.157. The van der Waals surface area contributed by atoms with E-state index >= 15 is 0 Å². The van der Waals surface area contributed by atoms with Gasteiger partial charge in [0.2, 0.25) is 0 Å². The van der Waals surface area contributed by atoms with E-state index in [0.29, 0.717) is 11.5 Å². The average Bonchev–Trinajstić information content (AvgIpc) is 3.43. The van der Waals surface area contributed by atoms with Crippen LogP contribution in [0.1, 0.15) is 54.0 Å². The molecule has 0 radical (unpaired) electrons. The molecular formula is C29H31N3O4. The summed E-state index contributed by atoms with van der Waals surface area (Å²) in [4.78, 5) is 12.4. The lowest BCUT2D eigenvalue weighted by Gasteiger charge is -2.21. The molecule has 0 aliphatic rings. The van der Waals surface area contributed by atoms with Crippen molar-refractivity contribution < 1.29 is 18.7 Å². The molecule has 0 saturated carbocycles. The first-order chi connectivity index (χ1) is 17.2. The smallest absolute Gasteiger partial charge is 0.307 e. The van der Waals surface area contributed by atoms with E-state index in [0.717, 1.165) is 17.0 Å². The third kappa shape index (κ3) is 6.44. The van der Waals surface area contributed by atoms with Gasteiger partial charge in [0, 0.05) is 17.1 Å². The maximum Gasteiger partial charge on any atom is 0.307 e. The molecule has 7 nitrogen and oxygen atoms in total. The van der Waals surface area contributed by atoms with E-state index in [4.69, 9.17) is 13.9 Å².